The van der Waals surface area contributed by atoms with E-state index in [0.717, 1.165) is 81.8 Å². The lowest BCUT2D eigenvalue weighted by molar-refractivity contribution is -0.217. The van der Waals surface area contributed by atoms with Crippen LogP contribution in [0.5, 0.6) is 0 Å². The molecule has 0 aromatic carbocycles. The summed E-state index contributed by atoms with van der Waals surface area (Å²) in [6, 6.07) is 0. The van der Waals surface area contributed by atoms with Crippen LogP contribution in [-0.4, -0.2) is 108 Å². The van der Waals surface area contributed by atoms with Gasteiger partial charge in [0.2, 0.25) is 0 Å². The van der Waals surface area contributed by atoms with Crippen LogP contribution in [0.3, 0.4) is 0 Å². The quantitative estimate of drug-likeness (QED) is 0.0814. The molecule has 14 fully saturated rings. The van der Waals surface area contributed by atoms with Crippen LogP contribution in [0.25, 0.3) is 0 Å². The third-order valence-electron chi connectivity index (χ3n) is 19.1. The van der Waals surface area contributed by atoms with Gasteiger partial charge >= 0.3 is 41.8 Å². The van der Waals surface area contributed by atoms with Crippen LogP contribution in [0.15, 0.2) is 37.5 Å². The fourth-order valence-electron chi connectivity index (χ4n) is 16.2. The molecule has 0 amide bonds. The minimum absolute atomic E-state index is 0.0676. The van der Waals surface area contributed by atoms with Gasteiger partial charge in [-0.25, -0.2) is 19.2 Å². The van der Waals surface area contributed by atoms with E-state index < -0.39 is 23.1 Å². The number of carbonyl (C=O) groups excluding carboxylic acids is 7. The molecular weight excluding hydrogens is 929 g/mol. The molecule has 16 nitrogen and oxygen atoms in total. The largest absolute Gasteiger partial charge is 0.460 e. The number of hydrogen-bond donors (Lipinski definition) is 1. The molecule has 13 unspecified atom stereocenters. The molecule has 12 aliphatic carbocycles. The monoisotopic (exact) mass is 1000 g/mol. The Morgan fingerprint density at radius 3 is 1.75 bits per heavy atom. The highest BCUT2D eigenvalue weighted by molar-refractivity contribution is 5.87. The van der Waals surface area contributed by atoms with E-state index in [0.29, 0.717) is 53.4 Å². The summed E-state index contributed by atoms with van der Waals surface area (Å²) in [7, 11) is 0. The number of fused-ring (bicyclic) bond motifs is 2. The van der Waals surface area contributed by atoms with Crippen molar-refractivity contribution in [3.05, 3.63) is 37.5 Å². The van der Waals surface area contributed by atoms with Crippen LogP contribution in [-0.2, 0) is 71.5 Å². The van der Waals surface area contributed by atoms with Crippen LogP contribution in [0.4, 0.5) is 0 Å². The van der Waals surface area contributed by atoms with Crippen LogP contribution >= 0.6 is 0 Å². The van der Waals surface area contributed by atoms with Gasteiger partial charge in [-0.15, -0.1) is 0 Å². The SMILES string of the molecule is C=C(C)C(=O)OC12CC3CC(CC(O)(C3)C1)C2.C=CC(=O)OC1C2CC3C(=O)OC1C3C2.C=CC(=O)OCCOCC(=O)OC1(C)C2CC3CC(C2)CC1C3.CCC(C)C(=O)OC1C2CC3C(=O)OC1C3C2. The van der Waals surface area contributed by atoms with Crippen LogP contribution in [0, 0.1) is 76.9 Å². The summed E-state index contributed by atoms with van der Waals surface area (Å²) in [5.74, 6) is 3.27. The lowest BCUT2D eigenvalue weighted by atomic mass is 9.50. The Bertz CT molecular complexity index is 2140. The van der Waals surface area contributed by atoms with E-state index in [1.807, 2.05) is 13.8 Å². The van der Waals surface area contributed by atoms with E-state index in [-0.39, 0.29) is 103 Å². The molecule has 0 radical (unpaired) electrons. The summed E-state index contributed by atoms with van der Waals surface area (Å²) in [5, 5.41) is 10.5. The fourth-order valence-corrected chi connectivity index (χ4v) is 16.2. The van der Waals surface area contributed by atoms with Crippen molar-refractivity contribution in [3.8, 4) is 0 Å². The molecule has 16 heteroatoms. The van der Waals surface area contributed by atoms with Gasteiger partial charge in [0.05, 0.1) is 30.0 Å². The maximum absolute atomic E-state index is 12.1. The van der Waals surface area contributed by atoms with Crippen LogP contribution in [0.2, 0.25) is 0 Å². The third kappa shape index (κ3) is 10.4. The summed E-state index contributed by atoms with van der Waals surface area (Å²) in [5.41, 5.74) is -0.829. The number of rotatable bonds is 14. The molecule has 2 heterocycles. The van der Waals surface area contributed by atoms with Gasteiger partial charge in [-0.3, -0.25) is 14.4 Å². The molecule has 72 heavy (non-hydrogen) atoms. The third-order valence-corrected chi connectivity index (χ3v) is 19.1. The second-order valence-electron chi connectivity index (χ2n) is 24.0. The zero-order valence-electron chi connectivity index (χ0n) is 42.6. The van der Waals surface area contributed by atoms with Gasteiger partial charge in [-0.2, -0.15) is 0 Å². The lowest BCUT2D eigenvalue weighted by Gasteiger charge is -2.59. The average molecular weight is 1010 g/mol. The second kappa shape index (κ2) is 20.6. The molecule has 0 aromatic rings. The molecule has 2 saturated heterocycles. The molecule has 12 saturated carbocycles. The number of esters is 7. The van der Waals surface area contributed by atoms with Gasteiger partial charge in [-0.05, 0) is 146 Å². The molecule has 0 spiro atoms. The first-order valence-corrected chi connectivity index (χ1v) is 26.9. The van der Waals surface area contributed by atoms with Gasteiger partial charge in [0.15, 0.2) is 0 Å². The number of ether oxygens (including phenoxy) is 8. The molecule has 0 aromatic heterocycles. The minimum atomic E-state index is -0.570. The van der Waals surface area contributed by atoms with Gasteiger partial charge < -0.3 is 43.0 Å². The summed E-state index contributed by atoms with van der Waals surface area (Å²) in [6.07, 6.45) is 17.6. The maximum atomic E-state index is 12.1. The van der Waals surface area contributed by atoms with E-state index >= 15 is 0 Å². The highest BCUT2D eigenvalue weighted by atomic mass is 16.6. The van der Waals surface area contributed by atoms with E-state index in [1.165, 1.54) is 38.5 Å². The predicted molar refractivity (Wildman–Crippen MR) is 255 cm³/mol. The van der Waals surface area contributed by atoms with E-state index in [9.17, 15) is 38.7 Å². The molecular formula is C56H76O16. The molecule has 1 N–H and O–H groups in total. The van der Waals surface area contributed by atoms with Crippen molar-refractivity contribution in [1.29, 1.82) is 0 Å². The average Bonchev–Trinajstić information content (AvgIpc) is 4.16. The maximum Gasteiger partial charge on any atom is 0.333 e. The zero-order valence-corrected chi connectivity index (χ0v) is 42.6. The Balaban J connectivity index is 0.000000120. The van der Waals surface area contributed by atoms with Crippen molar-refractivity contribution in [3.63, 3.8) is 0 Å². The first-order chi connectivity index (χ1) is 34.2. The first-order valence-electron chi connectivity index (χ1n) is 26.9. The van der Waals surface area contributed by atoms with Crippen molar-refractivity contribution >= 4 is 41.8 Å². The van der Waals surface area contributed by atoms with Crippen molar-refractivity contribution in [2.75, 3.05) is 19.8 Å². The number of hydrogen-bond acceptors (Lipinski definition) is 16. The summed E-state index contributed by atoms with van der Waals surface area (Å²) >= 11 is 0. The highest BCUT2D eigenvalue weighted by Gasteiger charge is 2.65. The van der Waals surface area contributed by atoms with Crippen LogP contribution < -0.4 is 0 Å². The Morgan fingerprint density at radius 1 is 0.722 bits per heavy atom. The van der Waals surface area contributed by atoms with Crippen molar-refractivity contribution in [1.82, 2.24) is 0 Å². The Labute approximate surface area is 423 Å². The smallest absolute Gasteiger partial charge is 0.333 e. The van der Waals surface area contributed by atoms with Gasteiger partial charge in [0, 0.05) is 47.8 Å². The summed E-state index contributed by atoms with van der Waals surface area (Å²) < 4.78 is 43.0. The van der Waals surface area contributed by atoms with E-state index in [4.69, 9.17) is 37.9 Å². The Kier molecular flexibility index (Phi) is 15.0. The highest BCUT2D eigenvalue weighted by Crippen LogP contribution is 2.61. The van der Waals surface area contributed by atoms with Gasteiger partial charge in [-0.1, -0.05) is 33.6 Å². The standard InChI is InChI=1S/C18H26O5.C14H20O3.C13H18O4.C11H12O4/c1-3-16(19)22-5-4-21-11-17(20)23-18(2)14-7-12-6-13(9-14)10-15(18)8-12;1-9(2)12(15)17-14-6-10-3-11(7-14)5-13(16,4-10)8-14;1-3-6(2)12(14)16-10-7-4-8-9(5-7)13(15)17-11(8)10;1-2-8(12)14-9-5-3-6-7(4-5)11(13)15-10(6)9/h3,12-15H,1,4-11H2,2H3;10-11,16H,1,3-8H2,2H3;6-11H,3-5H2,1-2H3;2,5-7,9-10H,1,3-4H2. The Morgan fingerprint density at radius 2 is 1.25 bits per heavy atom. The molecule has 14 rings (SSSR count). The molecule has 14 aliphatic rings. The van der Waals surface area contributed by atoms with Crippen LogP contribution in [0.1, 0.15) is 130 Å². The van der Waals surface area contributed by atoms with E-state index in [2.05, 4.69) is 26.7 Å². The van der Waals surface area contributed by atoms with Crippen molar-refractivity contribution in [2.24, 2.45) is 76.9 Å². The molecule has 396 valence electrons. The normalized spacial score (nSPS) is 42.8. The first kappa shape index (κ1) is 52.3. The zero-order chi connectivity index (χ0) is 51.4. The summed E-state index contributed by atoms with van der Waals surface area (Å²) in [4.78, 5) is 80.6. The molecule has 2 aliphatic heterocycles. The Hall–Kier alpha value is -4.57. The van der Waals surface area contributed by atoms with E-state index in [1.54, 1.807) is 6.92 Å². The van der Waals surface area contributed by atoms with Gasteiger partial charge in [0.1, 0.15) is 48.8 Å². The number of carbonyl (C=O) groups is 7. The topological polar surface area (TPSA) is 214 Å². The number of aliphatic hydroxyl groups is 1. The molecule has 13 atom stereocenters. The van der Waals surface area contributed by atoms with Crippen molar-refractivity contribution < 1.29 is 76.6 Å². The predicted octanol–water partition coefficient (Wildman–Crippen LogP) is 6.87. The lowest BCUT2D eigenvalue weighted by Crippen LogP contribution is -2.60. The minimum Gasteiger partial charge on any atom is -0.460 e. The summed E-state index contributed by atoms with van der Waals surface area (Å²) in [6.45, 7) is 18.1. The fraction of sp³-hybridized carbons (Fsp3) is 0.768. The molecule has 12 bridgehead atoms. The van der Waals surface area contributed by atoms with Crippen molar-refractivity contribution in [2.45, 2.75) is 172 Å². The second-order valence-corrected chi connectivity index (χ2v) is 24.0. The van der Waals surface area contributed by atoms with Gasteiger partial charge in [0.25, 0.3) is 0 Å².